The van der Waals surface area contributed by atoms with Crippen molar-refractivity contribution in [1.82, 2.24) is 9.88 Å². The third-order valence-electron chi connectivity index (χ3n) is 4.43. The first-order valence-corrected chi connectivity index (χ1v) is 10.3. The van der Waals surface area contributed by atoms with Gasteiger partial charge in [0.1, 0.15) is 22.4 Å². The molecule has 1 amide bonds. The van der Waals surface area contributed by atoms with E-state index in [2.05, 4.69) is 4.98 Å². The maximum Gasteiger partial charge on any atom is 0.413 e. The second kappa shape index (κ2) is 8.19. The Balaban J connectivity index is 1.86. The van der Waals surface area contributed by atoms with Gasteiger partial charge in [0.05, 0.1) is 19.3 Å². The van der Waals surface area contributed by atoms with Gasteiger partial charge in [-0.25, -0.2) is 9.78 Å². The summed E-state index contributed by atoms with van der Waals surface area (Å²) in [4.78, 5) is 19.1. The summed E-state index contributed by atoms with van der Waals surface area (Å²) >= 11 is 1.51. The van der Waals surface area contributed by atoms with Crippen molar-refractivity contribution in [2.24, 2.45) is 0 Å². The molecule has 28 heavy (non-hydrogen) atoms. The first-order chi connectivity index (χ1) is 13.2. The Kier molecular flexibility index (Phi) is 6.07. The van der Waals surface area contributed by atoms with Gasteiger partial charge in [0, 0.05) is 11.6 Å². The minimum atomic E-state index is -0.793. The zero-order valence-electron chi connectivity index (χ0n) is 17.0. The molecule has 1 aliphatic rings. The van der Waals surface area contributed by atoms with Crippen LogP contribution in [0.2, 0.25) is 0 Å². The monoisotopic (exact) mass is 404 g/mol. The highest BCUT2D eigenvalue weighted by Gasteiger charge is 2.50. The van der Waals surface area contributed by atoms with Crippen molar-refractivity contribution in [2.75, 3.05) is 6.61 Å². The van der Waals surface area contributed by atoms with Gasteiger partial charge in [-0.2, -0.15) is 0 Å². The number of hydrogen-bond donors (Lipinski definition) is 0. The molecule has 1 aromatic heterocycles. The van der Waals surface area contributed by atoms with Gasteiger partial charge in [-0.15, -0.1) is 11.3 Å². The second-order valence-electron chi connectivity index (χ2n) is 8.26. The van der Waals surface area contributed by atoms with Crippen molar-refractivity contribution < 1.29 is 19.0 Å². The number of ether oxygens (including phenoxy) is 3. The molecule has 0 unspecified atom stereocenters. The average Bonchev–Trinajstić information content (AvgIpc) is 3.23. The molecule has 2 atom stereocenters. The van der Waals surface area contributed by atoms with Crippen molar-refractivity contribution in [3.8, 4) is 0 Å². The van der Waals surface area contributed by atoms with Gasteiger partial charge in [0.2, 0.25) is 0 Å². The zero-order chi connectivity index (χ0) is 20.4. The topological polar surface area (TPSA) is 60.9 Å². The maximum atomic E-state index is 13.0. The third-order valence-corrected chi connectivity index (χ3v) is 5.26. The summed E-state index contributed by atoms with van der Waals surface area (Å²) in [5.41, 5.74) is -0.327. The Morgan fingerprint density at radius 2 is 2.07 bits per heavy atom. The van der Waals surface area contributed by atoms with Gasteiger partial charge in [-0.1, -0.05) is 30.3 Å². The quantitative estimate of drug-likeness (QED) is 0.718. The van der Waals surface area contributed by atoms with Crippen molar-refractivity contribution in [1.29, 1.82) is 0 Å². The van der Waals surface area contributed by atoms with Crippen LogP contribution in [0.1, 0.15) is 51.3 Å². The van der Waals surface area contributed by atoms with Crippen molar-refractivity contribution in [2.45, 2.75) is 64.7 Å². The van der Waals surface area contributed by atoms with E-state index in [1.54, 1.807) is 11.1 Å². The fourth-order valence-electron chi connectivity index (χ4n) is 3.20. The lowest BCUT2D eigenvalue weighted by Crippen LogP contribution is -2.51. The van der Waals surface area contributed by atoms with Gasteiger partial charge in [-0.3, -0.25) is 4.90 Å². The van der Waals surface area contributed by atoms with Crippen LogP contribution in [0.3, 0.4) is 0 Å². The van der Waals surface area contributed by atoms with Crippen LogP contribution in [0.25, 0.3) is 0 Å². The fourth-order valence-corrected chi connectivity index (χ4v) is 3.95. The van der Waals surface area contributed by atoms with E-state index in [0.29, 0.717) is 13.2 Å². The van der Waals surface area contributed by atoms with E-state index in [4.69, 9.17) is 14.2 Å². The van der Waals surface area contributed by atoms with Gasteiger partial charge in [0.25, 0.3) is 0 Å². The van der Waals surface area contributed by atoms with E-state index in [0.717, 1.165) is 10.6 Å². The summed E-state index contributed by atoms with van der Waals surface area (Å²) in [6, 6.07) is 9.62. The third kappa shape index (κ3) is 4.90. The van der Waals surface area contributed by atoms with Crippen LogP contribution in [0, 0.1) is 0 Å². The molecule has 2 heterocycles. The van der Waals surface area contributed by atoms with Crippen molar-refractivity contribution in [3.63, 3.8) is 0 Å². The number of carbonyl (C=O) groups is 1. The molecule has 0 saturated carbocycles. The van der Waals surface area contributed by atoms with E-state index < -0.39 is 23.5 Å². The number of carbonyl (C=O) groups excluding carboxylic acids is 1. The molecule has 0 radical (unpaired) electrons. The predicted molar refractivity (Wildman–Crippen MR) is 108 cm³/mol. The largest absolute Gasteiger partial charge is 0.444 e. The minimum Gasteiger partial charge on any atom is -0.444 e. The molecule has 3 rings (SSSR count). The Morgan fingerprint density at radius 3 is 2.68 bits per heavy atom. The van der Waals surface area contributed by atoms with E-state index in [1.165, 1.54) is 11.3 Å². The second-order valence-corrected chi connectivity index (χ2v) is 9.19. The number of amides is 1. The Labute approximate surface area is 170 Å². The lowest BCUT2D eigenvalue weighted by molar-refractivity contribution is -0.0744. The zero-order valence-corrected chi connectivity index (χ0v) is 17.9. The van der Waals surface area contributed by atoms with E-state index in [9.17, 15) is 4.79 Å². The molecular weight excluding hydrogens is 376 g/mol. The first kappa shape index (κ1) is 20.8. The number of rotatable bonds is 5. The molecule has 0 N–H and O–H groups in total. The Morgan fingerprint density at radius 1 is 1.36 bits per heavy atom. The molecule has 0 bridgehead atoms. The molecule has 152 valence electrons. The molecular formula is C21H28N2O4S. The average molecular weight is 405 g/mol. The van der Waals surface area contributed by atoms with Crippen molar-refractivity contribution in [3.05, 3.63) is 52.5 Å². The smallest absolute Gasteiger partial charge is 0.413 e. The molecule has 7 heteroatoms. The van der Waals surface area contributed by atoms with Gasteiger partial charge >= 0.3 is 6.09 Å². The van der Waals surface area contributed by atoms with Gasteiger partial charge in [-0.05, 0) is 40.2 Å². The highest BCUT2D eigenvalue weighted by atomic mass is 32.1. The van der Waals surface area contributed by atoms with Crippen molar-refractivity contribution >= 4 is 17.4 Å². The number of aromatic nitrogens is 1. The predicted octanol–water partition coefficient (Wildman–Crippen LogP) is 4.77. The SMILES string of the molecule is CC(C)(C)OC(=O)N1[C@@H]([C@@H](OCc2ccccc2)c2nccs2)COC1(C)C. The number of nitrogens with zero attached hydrogens (tertiary/aromatic N) is 2. The van der Waals surface area contributed by atoms with Crippen LogP contribution >= 0.6 is 11.3 Å². The number of hydrogen-bond acceptors (Lipinski definition) is 6. The van der Waals surface area contributed by atoms with Crippen LogP contribution in [0.5, 0.6) is 0 Å². The number of thiazole rings is 1. The minimum absolute atomic E-state index is 0.334. The van der Waals surface area contributed by atoms with Crippen LogP contribution in [0.4, 0.5) is 4.79 Å². The molecule has 0 spiro atoms. The summed E-state index contributed by atoms with van der Waals surface area (Å²) < 4.78 is 17.9. The normalized spacial score (nSPS) is 20.2. The molecule has 1 aromatic carbocycles. The van der Waals surface area contributed by atoms with Gasteiger partial charge in [0.15, 0.2) is 0 Å². The van der Waals surface area contributed by atoms with Crippen LogP contribution in [0.15, 0.2) is 41.9 Å². The van der Waals surface area contributed by atoms with E-state index in [-0.39, 0.29) is 6.04 Å². The standard InChI is InChI=1S/C21H28N2O4S/c1-20(2,3)27-19(24)23-16(14-26-21(23,4)5)17(18-22-11-12-28-18)25-13-15-9-7-6-8-10-15/h6-12,16-17H,13-14H2,1-5H3/t16-,17-/m1/s1. The first-order valence-electron chi connectivity index (χ1n) is 9.38. The maximum absolute atomic E-state index is 13.0. The van der Waals surface area contributed by atoms with E-state index >= 15 is 0 Å². The van der Waals surface area contributed by atoms with Crippen LogP contribution in [-0.2, 0) is 20.8 Å². The lowest BCUT2D eigenvalue weighted by atomic mass is 10.1. The Bertz CT molecular complexity index is 771. The molecule has 1 aliphatic heterocycles. The highest BCUT2D eigenvalue weighted by Crippen LogP contribution is 2.38. The molecule has 6 nitrogen and oxygen atoms in total. The van der Waals surface area contributed by atoms with E-state index in [1.807, 2.05) is 70.3 Å². The summed E-state index contributed by atoms with van der Waals surface area (Å²) in [5.74, 6) is 0. The number of benzene rings is 1. The Hall–Kier alpha value is -1.96. The molecule has 0 aliphatic carbocycles. The molecule has 2 aromatic rings. The highest BCUT2D eigenvalue weighted by molar-refractivity contribution is 7.09. The van der Waals surface area contributed by atoms with Crippen LogP contribution < -0.4 is 0 Å². The molecule has 1 saturated heterocycles. The van der Waals surface area contributed by atoms with Gasteiger partial charge < -0.3 is 14.2 Å². The van der Waals surface area contributed by atoms with Crippen LogP contribution in [-0.4, -0.2) is 40.0 Å². The lowest BCUT2D eigenvalue weighted by Gasteiger charge is -2.37. The summed E-state index contributed by atoms with van der Waals surface area (Å²) in [6.07, 6.45) is 0.928. The fraction of sp³-hybridized carbons (Fsp3) is 0.524. The summed E-state index contributed by atoms with van der Waals surface area (Å²) in [5, 5.41) is 2.73. The summed E-state index contributed by atoms with van der Waals surface area (Å²) in [6.45, 7) is 10.1. The summed E-state index contributed by atoms with van der Waals surface area (Å²) in [7, 11) is 0. The molecule has 1 fully saturated rings.